The van der Waals surface area contributed by atoms with Crippen LogP contribution in [0.3, 0.4) is 0 Å². The second kappa shape index (κ2) is 11.2. The van der Waals surface area contributed by atoms with E-state index in [0.29, 0.717) is 11.5 Å². The van der Waals surface area contributed by atoms with Gasteiger partial charge in [-0.1, -0.05) is 87.8 Å². The molecular formula is C34H50N2O2. The normalized spacial score (nSPS) is 22.4. The number of aryl methyl sites for hydroxylation is 2. The molecular weight excluding hydrogens is 468 g/mol. The molecule has 3 aliphatic rings. The fourth-order valence-corrected chi connectivity index (χ4v) is 7.66. The molecule has 4 heteroatoms. The van der Waals surface area contributed by atoms with E-state index in [1.807, 2.05) is 0 Å². The van der Waals surface area contributed by atoms with Gasteiger partial charge in [0.2, 0.25) is 0 Å². The first-order chi connectivity index (χ1) is 18.2. The molecule has 0 unspecified atom stereocenters. The average molecular weight is 519 g/mol. The summed E-state index contributed by atoms with van der Waals surface area (Å²) in [6, 6.07) is 8.85. The molecule has 0 bridgehead atoms. The Morgan fingerprint density at radius 3 is 1.26 bits per heavy atom. The molecule has 3 fully saturated rings. The number of nitrogens with zero attached hydrogens (tertiary/aromatic N) is 2. The first-order valence-corrected chi connectivity index (χ1v) is 15.3. The zero-order chi connectivity index (χ0) is 26.9. The van der Waals surface area contributed by atoms with Crippen molar-refractivity contribution in [2.24, 2.45) is 0 Å². The number of rotatable bonds is 6. The SMILES string of the molecule is Cc1cc(CN2CCN(Cc3cc(C)cc(C4(C)CCCCC4)c3O)CC2)c(O)c(C2(C)CCCCC2)c1. The zero-order valence-corrected chi connectivity index (χ0v) is 24.4. The Hall–Kier alpha value is -2.04. The molecule has 2 aromatic carbocycles. The van der Waals surface area contributed by atoms with Gasteiger partial charge in [-0.3, -0.25) is 9.80 Å². The molecule has 1 heterocycles. The highest BCUT2D eigenvalue weighted by atomic mass is 16.3. The van der Waals surface area contributed by atoms with Gasteiger partial charge in [-0.2, -0.15) is 0 Å². The second-order valence-corrected chi connectivity index (χ2v) is 13.4. The lowest BCUT2D eigenvalue weighted by Crippen LogP contribution is -2.45. The highest BCUT2D eigenvalue weighted by Gasteiger charge is 2.34. The van der Waals surface area contributed by atoms with Gasteiger partial charge in [0, 0.05) is 61.5 Å². The van der Waals surface area contributed by atoms with Crippen LogP contribution in [0.1, 0.15) is 111 Å². The van der Waals surface area contributed by atoms with E-state index < -0.39 is 0 Å². The fraction of sp³-hybridized carbons (Fsp3) is 0.647. The van der Waals surface area contributed by atoms with Gasteiger partial charge >= 0.3 is 0 Å². The van der Waals surface area contributed by atoms with Gasteiger partial charge < -0.3 is 10.2 Å². The van der Waals surface area contributed by atoms with Crippen LogP contribution in [-0.2, 0) is 23.9 Å². The highest BCUT2D eigenvalue weighted by Crippen LogP contribution is 2.45. The molecule has 2 aromatic rings. The van der Waals surface area contributed by atoms with Crippen molar-refractivity contribution >= 4 is 0 Å². The smallest absolute Gasteiger partial charge is 0.123 e. The molecule has 0 spiro atoms. The molecule has 208 valence electrons. The molecule has 0 atom stereocenters. The summed E-state index contributed by atoms with van der Waals surface area (Å²) in [5, 5.41) is 22.7. The van der Waals surface area contributed by atoms with Crippen molar-refractivity contribution in [1.82, 2.24) is 9.80 Å². The molecule has 5 rings (SSSR count). The van der Waals surface area contributed by atoms with Gasteiger partial charge in [-0.05, 0) is 50.4 Å². The second-order valence-electron chi connectivity index (χ2n) is 13.4. The number of phenols is 2. The Morgan fingerprint density at radius 1 is 0.579 bits per heavy atom. The number of hydrogen-bond donors (Lipinski definition) is 2. The third kappa shape index (κ3) is 5.77. The van der Waals surface area contributed by atoms with E-state index in [-0.39, 0.29) is 10.8 Å². The first kappa shape index (κ1) is 27.5. The quantitative estimate of drug-likeness (QED) is 0.416. The lowest BCUT2D eigenvalue weighted by Gasteiger charge is -2.38. The largest absolute Gasteiger partial charge is 0.507 e. The predicted molar refractivity (Wildman–Crippen MR) is 157 cm³/mol. The zero-order valence-electron chi connectivity index (χ0n) is 24.4. The van der Waals surface area contributed by atoms with Crippen LogP contribution in [0.2, 0.25) is 0 Å². The number of piperazine rings is 1. The van der Waals surface area contributed by atoms with Gasteiger partial charge in [0.25, 0.3) is 0 Å². The first-order valence-electron chi connectivity index (χ1n) is 15.3. The summed E-state index contributed by atoms with van der Waals surface area (Å²) in [7, 11) is 0. The molecule has 1 aliphatic heterocycles. The molecule has 2 saturated carbocycles. The molecule has 0 amide bonds. The minimum atomic E-state index is 0.102. The number of hydrogen-bond acceptors (Lipinski definition) is 4. The standard InChI is InChI=1S/C34H50N2O2/c1-25-19-27(31(37)29(21-25)33(3)11-7-5-8-12-33)23-35-15-17-36(18-16-35)24-28-20-26(2)22-30(32(28)38)34(4)13-9-6-10-14-34/h19-22,37-38H,5-18,23-24H2,1-4H3. The minimum absolute atomic E-state index is 0.102. The van der Waals surface area contributed by atoms with Crippen molar-refractivity contribution in [1.29, 1.82) is 0 Å². The molecule has 0 aromatic heterocycles. The Morgan fingerprint density at radius 2 is 0.921 bits per heavy atom. The van der Waals surface area contributed by atoms with Crippen molar-refractivity contribution in [3.05, 3.63) is 57.6 Å². The highest BCUT2D eigenvalue weighted by molar-refractivity contribution is 5.48. The third-order valence-corrected chi connectivity index (χ3v) is 10.1. The summed E-state index contributed by atoms with van der Waals surface area (Å²) in [6.45, 7) is 14.6. The van der Waals surface area contributed by atoms with Crippen LogP contribution in [0.4, 0.5) is 0 Å². The number of benzene rings is 2. The summed E-state index contributed by atoms with van der Waals surface area (Å²) in [6.07, 6.45) is 12.4. The van der Waals surface area contributed by atoms with Gasteiger partial charge in [-0.25, -0.2) is 0 Å². The molecule has 4 nitrogen and oxygen atoms in total. The van der Waals surface area contributed by atoms with Gasteiger partial charge in [-0.15, -0.1) is 0 Å². The average Bonchev–Trinajstić information content (AvgIpc) is 2.90. The van der Waals surface area contributed by atoms with E-state index in [0.717, 1.165) is 50.4 Å². The minimum Gasteiger partial charge on any atom is -0.507 e. The molecule has 38 heavy (non-hydrogen) atoms. The maximum absolute atomic E-state index is 11.4. The van der Waals surface area contributed by atoms with Crippen LogP contribution < -0.4 is 0 Å². The van der Waals surface area contributed by atoms with Crippen molar-refractivity contribution < 1.29 is 10.2 Å². The van der Waals surface area contributed by atoms with Crippen molar-refractivity contribution in [3.63, 3.8) is 0 Å². The van der Waals surface area contributed by atoms with Crippen LogP contribution in [0.15, 0.2) is 24.3 Å². The van der Waals surface area contributed by atoms with E-state index in [1.54, 1.807) is 0 Å². The Bertz CT molecular complexity index is 1030. The van der Waals surface area contributed by atoms with Gasteiger partial charge in [0.05, 0.1) is 0 Å². The van der Waals surface area contributed by atoms with E-state index in [2.05, 4.69) is 61.8 Å². The maximum atomic E-state index is 11.4. The van der Waals surface area contributed by atoms with E-state index in [4.69, 9.17) is 0 Å². The lowest BCUT2D eigenvalue weighted by molar-refractivity contribution is 0.120. The third-order valence-electron chi connectivity index (χ3n) is 10.1. The summed E-state index contributed by atoms with van der Waals surface area (Å²) < 4.78 is 0. The lowest BCUT2D eigenvalue weighted by atomic mass is 9.70. The van der Waals surface area contributed by atoms with Gasteiger partial charge in [0.1, 0.15) is 11.5 Å². The molecule has 2 aliphatic carbocycles. The van der Waals surface area contributed by atoms with E-state index in [9.17, 15) is 10.2 Å². The van der Waals surface area contributed by atoms with Crippen LogP contribution in [0, 0.1) is 13.8 Å². The van der Waals surface area contributed by atoms with Crippen LogP contribution in [0.5, 0.6) is 11.5 Å². The number of phenolic OH excluding ortho intramolecular Hbond substituents is 2. The fourth-order valence-electron chi connectivity index (χ4n) is 7.66. The van der Waals surface area contributed by atoms with E-state index in [1.165, 1.54) is 86.5 Å². The molecule has 1 saturated heterocycles. The van der Waals surface area contributed by atoms with Crippen molar-refractivity contribution in [2.75, 3.05) is 26.2 Å². The Balaban J connectivity index is 1.24. The predicted octanol–water partition coefficient (Wildman–Crippen LogP) is 7.48. The van der Waals surface area contributed by atoms with Crippen LogP contribution in [0.25, 0.3) is 0 Å². The summed E-state index contributed by atoms with van der Waals surface area (Å²) in [5.74, 6) is 1.08. The van der Waals surface area contributed by atoms with Crippen molar-refractivity contribution in [3.8, 4) is 11.5 Å². The molecule has 0 radical (unpaired) electrons. The van der Waals surface area contributed by atoms with E-state index >= 15 is 0 Å². The van der Waals surface area contributed by atoms with Crippen molar-refractivity contribution in [2.45, 2.75) is 116 Å². The number of aromatic hydroxyl groups is 2. The van der Waals surface area contributed by atoms with Crippen LogP contribution >= 0.6 is 0 Å². The van der Waals surface area contributed by atoms with Gasteiger partial charge in [0.15, 0.2) is 0 Å². The monoisotopic (exact) mass is 518 g/mol. The summed E-state index contributed by atoms with van der Waals surface area (Å²) >= 11 is 0. The maximum Gasteiger partial charge on any atom is 0.123 e. The summed E-state index contributed by atoms with van der Waals surface area (Å²) in [4.78, 5) is 4.98. The molecule has 2 N–H and O–H groups in total. The Kier molecular flexibility index (Phi) is 8.12. The summed E-state index contributed by atoms with van der Waals surface area (Å²) in [5.41, 5.74) is 7.23. The topological polar surface area (TPSA) is 46.9 Å². The Labute approximate surface area is 231 Å². The van der Waals surface area contributed by atoms with Crippen LogP contribution in [-0.4, -0.2) is 46.2 Å².